The summed E-state index contributed by atoms with van der Waals surface area (Å²) in [5.41, 5.74) is 1.69. The van der Waals surface area contributed by atoms with Gasteiger partial charge in [-0.25, -0.2) is 0 Å². The molecule has 0 saturated heterocycles. The summed E-state index contributed by atoms with van der Waals surface area (Å²) in [6.45, 7) is 10.9. The molecular formula is C16H25BrO. The van der Waals surface area contributed by atoms with Gasteiger partial charge in [0.1, 0.15) is 5.75 Å². The van der Waals surface area contributed by atoms with E-state index in [0.29, 0.717) is 10.2 Å². The number of rotatable bonds is 5. The van der Waals surface area contributed by atoms with Crippen molar-refractivity contribution < 1.29 is 4.74 Å². The molecule has 0 saturated carbocycles. The van der Waals surface area contributed by atoms with Crippen molar-refractivity contribution in [1.82, 2.24) is 0 Å². The van der Waals surface area contributed by atoms with Gasteiger partial charge in [0, 0.05) is 4.83 Å². The number of aryl methyl sites for hydroxylation is 1. The van der Waals surface area contributed by atoms with E-state index in [0.717, 1.165) is 18.6 Å². The highest BCUT2D eigenvalue weighted by Crippen LogP contribution is 2.29. The summed E-state index contributed by atoms with van der Waals surface area (Å²) in [6.07, 6.45) is 2.51. The highest BCUT2D eigenvalue weighted by molar-refractivity contribution is 9.09. The second-order valence-electron chi connectivity index (χ2n) is 6.18. The van der Waals surface area contributed by atoms with Crippen LogP contribution in [0.2, 0.25) is 0 Å². The van der Waals surface area contributed by atoms with Crippen molar-refractivity contribution in [3.05, 3.63) is 29.8 Å². The van der Waals surface area contributed by atoms with Crippen LogP contribution < -0.4 is 4.74 Å². The Labute approximate surface area is 120 Å². The number of alkyl halides is 1. The minimum Gasteiger partial charge on any atom is -0.491 e. The first-order valence-electron chi connectivity index (χ1n) is 6.68. The zero-order valence-corrected chi connectivity index (χ0v) is 13.8. The van der Waals surface area contributed by atoms with Crippen molar-refractivity contribution in [3.8, 4) is 5.75 Å². The highest BCUT2D eigenvalue weighted by Gasteiger charge is 2.21. The van der Waals surface area contributed by atoms with Gasteiger partial charge in [-0.05, 0) is 49.8 Å². The Morgan fingerprint density at radius 1 is 1.11 bits per heavy atom. The molecule has 1 unspecified atom stereocenters. The average molecular weight is 313 g/mol. The van der Waals surface area contributed by atoms with Gasteiger partial charge >= 0.3 is 0 Å². The van der Waals surface area contributed by atoms with Crippen LogP contribution in [0, 0.1) is 5.41 Å². The molecule has 1 rings (SSSR count). The lowest BCUT2D eigenvalue weighted by molar-refractivity contribution is 0.242. The molecule has 0 fully saturated rings. The zero-order valence-electron chi connectivity index (χ0n) is 12.2. The summed E-state index contributed by atoms with van der Waals surface area (Å²) in [6, 6.07) is 8.46. The van der Waals surface area contributed by atoms with E-state index in [2.05, 4.69) is 61.0 Å². The average Bonchev–Trinajstić information content (AvgIpc) is 2.25. The first kappa shape index (κ1) is 15.6. The number of ether oxygens (including phenoxy) is 1. The second kappa shape index (κ2) is 6.60. The zero-order chi connectivity index (χ0) is 13.8. The van der Waals surface area contributed by atoms with E-state index in [1.165, 1.54) is 5.56 Å². The predicted octanol–water partition coefficient (Wildman–Crippen LogP) is 5.22. The topological polar surface area (TPSA) is 9.23 Å². The first-order chi connectivity index (χ1) is 8.29. The molecule has 102 valence electrons. The van der Waals surface area contributed by atoms with Crippen molar-refractivity contribution in [2.24, 2.45) is 5.41 Å². The van der Waals surface area contributed by atoms with Crippen molar-refractivity contribution in [2.75, 3.05) is 0 Å². The van der Waals surface area contributed by atoms with Gasteiger partial charge in [0.25, 0.3) is 0 Å². The van der Waals surface area contributed by atoms with Gasteiger partial charge in [-0.1, -0.05) is 48.8 Å². The molecule has 0 aliphatic rings. The van der Waals surface area contributed by atoms with E-state index < -0.39 is 0 Å². The van der Waals surface area contributed by atoms with Crippen LogP contribution in [-0.2, 0) is 6.42 Å². The van der Waals surface area contributed by atoms with Crippen LogP contribution in [-0.4, -0.2) is 10.9 Å². The number of benzene rings is 1. The SMILES string of the molecule is CC(C)Oc1ccc(CCC(Br)C(C)(C)C)cc1. The van der Waals surface area contributed by atoms with Gasteiger partial charge in [-0.2, -0.15) is 0 Å². The van der Waals surface area contributed by atoms with Crippen LogP contribution in [0.25, 0.3) is 0 Å². The van der Waals surface area contributed by atoms with Gasteiger partial charge in [0.15, 0.2) is 0 Å². The summed E-state index contributed by atoms with van der Waals surface area (Å²) < 4.78 is 5.64. The van der Waals surface area contributed by atoms with Gasteiger partial charge in [-0.3, -0.25) is 0 Å². The number of halogens is 1. The molecule has 1 aromatic carbocycles. The molecule has 0 aliphatic heterocycles. The lowest BCUT2D eigenvalue weighted by Gasteiger charge is -2.25. The summed E-state index contributed by atoms with van der Waals surface area (Å²) in [4.78, 5) is 0.552. The van der Waals surface area contributed by atoms with Crippen molar-refractivity contribution in [2.45, 2.75) is 58.4 Å². The third-order valence-electron chi connectivity index (χ3n) is 2.92. The van der Waals surface area contributed by atoms with Crippen LogP contribution in [0.5, 0.6) is 5.75 Å². The van der Waals surface area contributed by atoms with E-state index in [-0.39, 0.29) is 6.10 Å². The normalized spacial score (nSPS) is 13.7. The van der Waals surface area contributed by atoms with E-state index in [1.807, 2.05) is 13.8 Å². The highest BCUT2D eigenvalue weighted by atomic mass is 79.9. The Balaban J connectivity index is 2.49. The van der Waals surface area contributed by atoms with Crippen LogP contribution in [0.1, 0.15) is 46.6 Å². The van der Waals surface area contributed by atoms with E-state index >= 15 is 0 Å². The fourth-order valence-electron chi connectivity index (χ4n) is 1.73. The van der Waals surface area contributed by atoms with Gasteiger partial charge in [0.2, 0.25) is 0 Å². The molecule has 1 aromatic rings. The summed E-state index contributed by atoms with van der Waals surface area (Å²) in [7, 11) is 0. The third-order valence-corrected chi connectivity index (χ3v) is 4.75. The Morgan fingerprint density at radius 2 is 1.67 bits per heavy atom. The summed E-state index contributed by atoms with van der Waals surface area (Å²) >= 11 is 3.78. The Bertz CT molecular complexity index is 348. The quantitative estimate of drug-likeness (QED) is 0.678. The smallest absolute Gasteiger partial charge is 0.119 e. The summed E-state index contributed by atoms with van der Waals surface area (Å²) in [5.74, 6) is 0.958. The Kier molecular flexibility index (Phi) is 5.71. The molecule has 1 nitrogen and oxygen atoms in total. The van der Waals surface area contributed by atoms with Crippen LogP contribution in [0.4, 0.5) is 0 Å². The van der Waals surface area contributed by atoms with Gasteiger partial charge < -0.3 is 4.74 Å². The van der Waals surface area contributed by atoms with Crippen LogP contribution >= 0.6 is 15.9 Å². The van der Waals surface area contributed by atoms with E-state index in [4.69, 9.17) is 4.74 Å². The van der Waals surface area contributed by atoms with E-state index in [1.54, 1.807) is 0 Å². The molecule has 0 bridgehead atoms. The molecule has 18 heavy (non-hydrogen) atoms. The van der Waals surface area contributed by atoms with Crippen molar-refractivity contribution >= 4 is 15.9 Å². The lowest BCUT2D eigenvalue weighted by Crippen LogP contribution is -2.20. The van der Waals surface area contributed by atoms with Crippen LogP contribution in [0.15, 0.2) is 24.3 Å². The number of hydrogen-bond acceptors (Lipinski definition) is 1. The molecule has 0 N–H and O–H groups in total. The minimum absolute atomic E-state index is 0.240. The molecular weight excluding hydrogens is 288 g/mol. The molecule has 0 heterocycles. The number of hydrogen-bond donors (Lipinski definition) is 0. The third kappa shape index (κ3) is 5.43. The molecule has 0 aromatic heterocycles. The summed E-state index contributed by atoms with van der Waals surface area (Å²) in [5, 5.41) is 0. The largest absolute Gasteiger partial charge is 0.491 e. The van der Waals surface area contributed by atoms with E-state index in [9.17, 15) is 0 Å². The van der Waals surface area contributed by atoms with Crippen molar-refractivity contribution in [3.63, 3.8) is 0 Å². The second-order valence-corrected chi connectivity index (χ2v) is 7.29. The predicted molar refractivity (Wildman–Crippen MR) is 82.7 cm³/mol. The fourth-order valence-corrected chi connectivity index (χ4v) is 1.96. The molecule has 0 radical (unpaired) electrons. The Morgan fingerprint density at radius 3 is 2.11 bits per heavy atom. The fraction of sp³-hybridized carbons (Fsp3) is 0.625. The maximum Gasteiger partial charge on any atom is 0.119 e. The Hall–Kier alpha value is -0.500. The van der Waals surface area contributed by atoms with Gasteiger partial charge in [0.05, 0.1) is 6.10 Å². The van der Waals surface area contributed by atoms with Crippen LogP contribution in [0.3, 0.4) is 0 Å². The molecule has 0 spiro atoms. The van der Waals surface area contributed by atoms with Crippen molar-refractivity contribution in [1.29, 1.82) is 0 Å². The molecule has 0 amide bonds. The molecule has 0 aliphatic carbocycles. The maximum absolute atomic E-state index is 5.64. The lowest BCUT2D eigenvalue weighted by atomic mass is 9.89. The van der Waals surface area contributed by atoms with Gasteiger partial charge in [-0.15, -0.1) is 0 Å². The standard InChI is InChI=1S/C16H25BrO/c1-12(2)18-14-9-6-13(7-10-14)8-11-15(17)16(3,4)5/h6-7,9-10,12,15H,8,11H2,1-5H3. The molecule has 2 heteroatoms. The molecule has 1 atom stereocenters. The monoisotopic (exact) mass is 312 g/mol. The minimum atomic E-state index is 0.240. The maximum atomic E-state index is 5.64. The first-order valence-corrected chi connectivity index (χ1v) is 7.60.